The van der Waals surface area contributed by atoms with E-state index in [-0.39, 0.29) is 19.1 Å². The van der Waals surface area contributed by atoms with Crippen molar-refractivity contribution in [3.63, 3.8) is 0 Å². The van der Waals surface area contributed by atoms with Gasteiger partial charge in [-0.1, -0.05) is 43.6 Å². The van der Waals surface area contributed by atoms with Crippen molar-refractivity contribution >= 4 is 33.2 Å². The fourth-order valence-electron chi connectivity index (χ4n) is 2.96. The molecule has 0 aliphatic heterocycles. The number of amides is 1. The maximum atomic E-state index is 12.7. The Morgan fingerprint density at radius 2 is 1.86 bits per heavy atom. The normalized spacial score (nSPS) is 12.3. The lowest BCUT2D eigenvalue weighted by Crippen LogP contribution is -2.50. The van der Waals surface area contributed by atoms with Crippen LogP contribution in [0.1, 0.15) is 25.8 Å². The monoisotopic (exact) mass is 438 g/mol. The van der Waals surface area contributed by atoms with E-state index in [9.17, 15) is 13.2 Å². The third kappa shape index (κ3) is 6.65. The molecule has 1 atom stereocenters. The van der Waals surface area contributed by atoms with Crippen LogP contribution in [0, 0.1) is 0 Å². The van der Waals surface area contributed by atoms with Gasteiger partial charge in [0.1, 0.15) is 18.4 Å². The number of hydrogen-bond donors (Lipinski definition) is 1. The molecule has 1 unspecified atom stereocenters. The summed E-state index contributed by atoms with van der Waals surface area (Å²) in [6, 6.07) is 13.3. The van der Waals surface area contributed by atoms with Gasteiger partial charge >= 0.3 is 0 Å². The Kier molecular flexibility index (Phi) is 8.34. The zero-order valence-electron chi connectivity index (χ0n) is 16.9. The van der Waals surface area contributed by atoms with Gasteiger partial charge in [-0.2, -0.15) is 0 Å². The number of hydrogen-bond acceptors (Lipinski definition) is 4. The lowest BCUT2D eigenvalue weighted by Gasteiger charge is -2.30. The second-order valence-electron chi connectivity index (χ2n) is 6.60. The van der Waals surface area contributed by atoms with E-state index in [1.807, 2.05) is 24.3 Å². The van der Waals surface area contributed by atoms with Gasteiger partial charge in [0.2, 0.25) is 15.9 Å². The number of nitrogens with one attached hydrogen (secondary N) is 1. The van der Waals surface area contributed by atoms with Crippen molar-refractivity contribution in [1.29, 1.82) is 0 Å². The summed E-state index contributed by atoms with van der Waals surface area (Å²) in [4.78, 5) is 12.7. The molecule has 1 N–H and O–H groups in total. The average Bonchev–Trinajstić information content (AvgIpc) is 2.68. The van der Waals surface area contributed by atoms with Gasteiger partial charge in [0.15, 0.2) is 0 Å². The molecule has 0 bridgehead atoms. The van der Waals surface area contributed by atoms with E-state index in [0.29, 0.717) is 17.1 Å². The third-order valence-electron chi connectivity index (χ3n) is 4.39. The van der Waals surface area contributed by atoms with E-state index in [4.69, 9.17) is 16.3 Å². The van der Waals surface area contributed by atoms with Crippen LogP contribution in [-0.2, 0) is 21.2 Å². The van der Waals surface area contributed by atoms with Crippen molar-refractivity contribution in [3.05, 3.63) is 59.1 Å². The first-order valence-corrected chi connectivity index (χ1v) is 11.7. The van der Waals surface area contributed by atoms with Crippen LogP contribution in [0.5, 0.6) is 5.75 Å². The van der Waals surface area contributed by atoms with Crippen LogP contribution in [-0.4, -0.2) is 39.8 Å². The molecule has 0 radical (unpaired) electrons. The van der Waals surface area contributed by atoms with Gasteiger partial charge in [-0.05, 0) is 48.7 Å². The van der Waals surface area contributed by atoms with Gasteiger partial charge < -0.3 is 10.1 Å². The molecule has 0 saturated heterocycles. The Labute approximate surface area is 177 Å². The first-order chi connectivity index (χ1) is 13.8. The number of halogens is 1. The molecule has 29 heavy (non-hydrogen) atoms. The third-order valence-corrected chi connectivity index (χ3v) is 5.81. The minimum absolute atomic E-state index is 0.262. The molecular weight excluding hydrogens is 412 g/mol. The van der Waals surface area contributed by atoms with E-state index in [0.717, 1.165) is 22.7 Å². The number of carbonyl (C=O) groups is 1. The quantitative estimate of drug-likeness (QED) is 0.574. The second-order valence-corrected chi connectivity index (χ2v) is 8.90. The molecule has 0 heterocycles. The van der Waals surface area contributed by atoms with Crippen LogP contribution < -0.4 is 14.4 Å². The summed E-state index contributed by atoms with van der Waals surface area (Å²) in [6.07, 6.45) is 2.34. The number of benzene rings is 2. The van der Waals surface area contributed by atoms with Gasteiger partial charge in [-0.25, -0.2) is 8.42 Å². The summed E-state index contributed by atoms with van der Waals surface area (Å²) in [5, 5.41) is 3.16. The lowest BCUT2D eigenvalue weighted by molar-refractivity contribution is -0.122. The number of carbonyl (C=O) groups excluding carboxylic acids is 1. The Morgan fingerprint density at radius 1 is 1.17 bits per heavy atom. The molecule has 0 saturated carbocycles. The maximum Gasteiger partial charge on any atom is 0.244 e. The molecule has 1 amide bonds. The van der Waals surface area contributed by atoms with Gasteiger partial charge in [0.05, 0.1) is 18.5 Å². The van der Waals surface area contributed by atoms with E-state index in [1.165, 1.54) is 11.6 Å². The highest BCUT2D eigenvalue weighted by molar-refractivity contribution is 7.92. The topological polar surface area (TPSA) is 75.7 Å². The zero-order chi connectivity index (χ0) is 21.4. The van der Waals surface area contributed by atoms with Crippen LogP contribution in [0.4, 0.5) is 5.69 Å². The summed E-state index contributed by atoms with van der Waals surface area (Å²) in [5.74, 6) is 0.336. The first-order valence-electron chi connectivity index (χ1n) is 9.50. The fraction of sp³-hybridized carbons (Fsp3) is 0.381. The molecule has 2 aromatic carbocycles. The molecule has 158 valence electrons. The van der Waals surface area contributed by atoms with Gasteiger partial charge in [0.25, 0.3) is 0 Å². The van der Waals surface area contributed by atoms with Crippen LogP contribution in [0.25, 0.3) is 0 Å². The van der Waals surface area contributed by atoms with Crippen molar-refractivity contribution in [2.24, 2.45) is 0 Å². The number of anilines is 1. The summed E-state index contributed by atoms with van der Waals surface area (Å²) in [5.41, 5.74) is 1.58. The Balaban J connectivity index is 2.01. The fourth-order valence-corrected chi connectivity index (χ4v) is 4.34. The smallest absolute Gasteiger partial charge is 0.244 e. The van der Waals surface area contributed by atoms with Gasteiger partial charge in [-0.15, -0.1) is 0 Å². The molecule has 0 aliphatic carbocycles. The molecule has 0 spiro atoms. The Morgan fingerprint density at radius 3 is 2.41 bits per heavy atom. The van der Waals surface area contributed by atoms with Crippen molar-refractivity contribution < 1.29 is 17.9 Å². The average molecular weight is 439 g/mol. The minimum Gasteiger partial charge on any atom is -0.492 e. The largest absolute Gasteiger partial charge is 0.492 e. The van der Waals surface area contributed by atoms with Crippen LogP contribution in [0.3, 0.4) is 0 Å². The van der Waals surface area contributed by atoms with E-state index in [2.05, 4.69) is 12.2 Å². The summed E-state index contributed by atoms with van der Waals surface area (Å²) < 4.78 is 31.5. The van der Waals surface area contributed by atoms with Crippen molar-refractivity contribution in [1.82, 2.24) is 5.32 Å². The van der Waals surface area contributed by atoms with Crippen molar-refractivity contribution in [3.8, 4) is 5.75 Å². The highest BCUT2D eigenvalue weighted by Gasteiger charge is 2.31. The van der Waals surface area contributed by atoms with Crippen LogP contribution in [0.2, 0.25) is 5.02 Å². The van der Waals surface area contributed by atoms with E-state index >= 15 is 0 Å². The van der Waals surface area contributed by atoms with Crippen LogP contribution in [0.15, 0.2) is 48.5 Å². The number of sulfonamides is 1. The van der Waals surface area contributed by atoms with E-state index in [1.54, 1.807) is 25.1 Å². The Hall–Kier alpha value is -2.25. The molecule has 0 fully saturated rings. The minimum atomic E-state index is -3.69. The predicted octanol–water partition coefficient (Wildman–Crippen LogP) is 3.64. The van der Waals surface area contributed by atoms with Gasteiger partial charge in [-0.3, -0.25) is 9.10 Å². The first kappa shape index (κ1) is 23.0. The summed E-state index contributed by atoms with van der Waals surface area (Å²) >= 11 is 6.01. The van der Waals surface area contributed by atoms with E-state index < -0.39 is 16.1 Å². The molecule has 0 aromatic heterocycles. The molecule has 8 heteroatoms. The van der Waals surface area contributed by atoms with Crippen molar-refractivity contribution in [2.75, 3.05) is 23.7 Å². The molecule has 2 rings (SSSR count). The molecule has 2 aromatic rings. The molecular formula is C21H27ClN2O4S. The highest BCUT2D eigenvalue weighted by Crippen LogP contribution is 2.25. The van der Waals surface area contributed by atoms with Crippen molar-refractivity contribution in [2.45, 2.75) is 32.7 Å². The zero-order valence-corrected chi connectivity index (χ0v) is 18.5. The predicted molar refractivity (Wildman–Crippen MR) is 117 cm³/mol. The number of ether oxygens (including phenoxy) is 1. The molecule has 6 nitrogen and oxygen atoms in total. The lowest BCUT2D eigenvalue weighted by atomic mass is 10.2. The standard InChI is InChI=1S/C21H27ClN2O4S/c1-4-16-9-11-19(12-10-16)28-14-13-23-21(25)20(5-2)24(29(3,26)27)18-8-6-7-17(22)15-18/h6-12,15,20H,4-5,13-14H2,1-3H3,(H,23,25). The number of aryl methyl sites for hydroxylation is 1. The second kappa shape index (κ2) is 10.5. The SMILES string of the molecule is CCc1ccc(OCCNC(=O)C(CC)N(c2cccc(Cl)c2)S(C)(=O)=O)cc1. The number of nitrogens with zero attached hydrogens (tertiary/aromatic N) is 1. The van der Waals surface area contributed by atoms with Crippen LogP contribution >= 0.6 is 11.6 Å². The summed E-state index contributed by atoms with van der Waals surface area (Å²) in [7, 11) is -3.69. The number of rotatable bonds is 10. The maximum absolute atomic E-state index is 12.7. The Bertz CT molecular complexity index is 917. The molecule has 0 aliphatic rings. The highest BCUT2D eigenvalue weighted by atomic mass is 35.5. The van der Waals surface area contributed by atoms with Gasteiger partial charge in [0, 0.05) is 5.02 Å². The summed E-state index contributed by atoms with van der Waals surface area (Å²) in [6.45, 7) is 4.39.